The maximum atomic E-state index is 13.6. The highest BCUT2D eigenvalue weighted by Gasteiger charge is 2.19. The fraction of sp³-hybridized carbons (Fsp3) is 0.115. The fourth-order valence-corrected chi connectivity index (χ4v) is 4.55. The van der Waals surface area contributed by atoms with Gasteiger partial charge in [0.1, 0.15) is 5.82 Å². The Kier molecular flexibility index (Phi) is 6.88. The number of hydrogen-bond donors (Lipinski definition) is 0. The second kappa shape index (κ2) is 10.0. The lowest BCUT2D eigenvalue weighted by atomic mass is 9.97. The van der Waals surface area contributed by atoms with Gasteiger partial charge in [-0.3, -0.25) is 9.59 Å². The SMILES string of the molecule is CC(=O)OCS(=O)(=O)c1ccc(-c2cnn(Cc3ccccc3)c(=O)c2-c2ccc(F)cc2)cc1. The lowest BCUT2D eigenvalue weighted by Gasteiger charge is -2.13. The van der Waals surface area contributed by atoms with Crippen LogP contribution in [0, 0.1) is 5.82 Å². The zero-order chi connectivity index (χ0) is 25.0. The molecular formula is C26H21FN2O5S. The summed E-state index contributed by atoms with van der Waals surface area (Å²) in [5.74, 6) is -1.90. The normalized spacial score (nSPS) is 11.3. The van der Waals surface area contributed by atoms with Gasteiger partial charge in [0.05, 0.1) is 23.2 Å². The van der Waals surface area contributed by atoms with Gasteiger partial charge in [-0.05, 0) is 41.0 Å². The molecule has 0 saturated carbocycles. The average Bonchev–Trinajstić information content (AvgIpc) is 2.85. The van der Waals surface area contributed by atoms with Crippen LogP contribution in [0.1, 0.15) is 12.5 Å². The smallest absolute Gasteiger partial charge is 0.303 e. The van der Waals surface area contributed by atoms with E-state index in [-0.39, 0.29) is 17.0 Å². The number of ether oxygens (including phenoxy) is 1. The minimum absolute atomic E-state index is 0.0313. The van der Waals surface area contributed by atoms with E-state index in [9.17, 15) is 22.4 Å². The summed E-state index contributed by atoms with van der Waals surface area (Å²) in [6, 6.07) is 20.8. The quantitative estimate of drug-likeness (QED) is 0.361. The van der Waals surface area contributed by atoms with Gasteiger partial charge in [-0.2, -0.15) is 5.10 Å². The minimum Gasteiger partial charge on any atom is -0.449 e. The minimum atomic E-state index is -3.84. The molecule has 3 aromatic carbocycles. The second-order valence-electron chi connectivity index (χ2n) is 7.78. The zero-order valence-electron chi connectivity index (χ0n) is 18.7. The highest BCUT2D eigenvalue weighted by atomic mass is 32.2. The summed E-state index contributed by atoms with van der Waals surface area (Å²) in [6.07, 6.45) is 1.53. The van der Waals surface area contributed by atoms with Gasteiger partial charge in [0.15, 0.2) is 5.94 Å². The Bertz CT molecular complexity index is 1520. The molecule has 0 aliphatic carbocycles. The Labute approximate surface area is 201 Å². The van der Waals surface area contributed by atoms with E-state index in [0.29, 0.717) is 22.3 Å². The third-order valence-corrected chi connectivity index (χ3v) is 6.71. The number of sulfone groups is 1. The number of benzene rings is 3. The predicted molar refractivity (Wildman–Crippen MR) is 129 cm³/mol. The summed E-state index contributed by atoms with van der Waals surface area (Å²) in [7, 11) is -3.84. The van der Waals surface area contributed by atoms with Crippen LogP contribution in [-0.4, -0.2) is 30.1 Å². The van der Waals surface area contributed by atoms with Crippen molar-refractivity contribution in [3.63, 3.8) is 0 Å². The Balaban J connectivity index is 1.78. The number of aromatic nitrogens is 2. The van der Waals surface area contributed by atoms with E-state index in [4.69, 9.17) is 0 Å². The molecule has 178 valence electrons. The third-order valence-electron chi connectivity index (χ3n) is 5.29. The molecule has 0 unspecified atom stereocenters. The van der Waals surface area contributed by atoms with Gasteiger partial charge in [-0.25, -0.2) is 17.5 Å². The Hall–Kier alpha value is -4.11. The highest BCUT2D eigenvalue weighted by molar-refractivity contribution is 7.91. The summed E-state index contributed by atoms with van der Waals surface area (Å²) in [5.41, 5.74) is 2.35. The highest BCUT2D eigenvalue weighted by Crippen LogP contribution is 2.30. The number of hydrogen-bond acceptors (Lipinski definition) is 6. The van der Waals surface area contributed by atoms with Gasteiger partial charge in [0.2, 0.25) is 9.84 Å². The Morgan fingerprint density at radius 2 is 1.57 bits per heavy atom. The summed E-state index contributed by atoms with van der Waals surface area (Å²) in [5, 5.41) is 4.33. The van der Waals surface area contributed by atoms with Crippen molar-refractivity contribution in [2.75, 3.05) is 5.94 Å². The van der Waals surface area contributed by atoms with E-state index in [1.165, 1.54) is 47.3 Å². The van der Waals surface area contributed by atoms with E-state index in [0.717, 1.165) is 12.5 Å². The van der Waals surface area contributed by atoms with E-state index < -0.39 is 27.6 Å². The van der Waals surface area contributed by atoms with Gasteiger partial charge < -0.3 is 4.74 Å². The first-order chi connectivity index (χ1) is 16.7. The van der Waals surface area contributed by atoms with Crippen molar-refractivity contribution in [3.05, 3.63) is 107 Å². The lowest BCUT2D eigenvalue weighted by molar-refractivity contribution is -0.138. The molecule has 0 amide bonds. The van der Waals surface area contributed by atoms with Crippen molar-refractivity contribution in [2.24, 2.45) is 0 Å². The van der Waals surface area contributed by atoms with E-state index in [2.05, 4.69) is 9.84 Å². The molecule has 0 radical (unpaired) electrons. The monoisotopic (exact) mass is 492 g/mol. The predicted octanol–water partition coefficient (Wildman–Crippen LogP) is 4.06. The molecule has 0 saturated heterocycles. The summed E-state index contributed by atoms with van der Waals surface area (Å²) in [4.78, 5) is 24.4. The molecule has 0 N–H and O–H groups in total. The largest absolute Gasteiger partial charge is 0.449 e. The number of rotatable bonds is 7. The number of carbonyl (C=O) groups excluding carboxylic acids is 1. The molecule has 0 fully saturated rings. The molecule has 9 heteroatoms. The molecular weight excluding hydrogens is 471 g/mol. The molecule has 7 nitrogen and oxygen atoms in total. The van der Waals surface area contributed by atoms with Gasteiger partial charge in [-0.15, -0.1) is 0 Å². The first-order valence-electron chi connectivity index (χ1n) is 10.6. The number of nitrogens with zero attached hydrogens (tertiary/aromatic N) is 2. The van der Waals surface area contributed by atoms with Crippen LogP contribution in [0.3, 0.4) is 0 Å². The van der Waals surface area contributed by atoms with Crippen LogP contribution in [0.4, 0.5) is 4.39 Å². The third kappa shape index (κ3) is 5.52. The topological polar surface area (TPSA) is 95.3 Å². The summed E-state index contributed by atoms with van der Waals surface area (Å²) >= 11 is 0. The van der Waals surface area contributed by atoms with Crippen LogP contribution >= 0.6 is 0 Å². The molecule has 4 rings (SSSR count). The molecule has 1 heterocycles. The first-order valence-corrected chi connectivity index (χ1v) is 12.3. The van der Waals surface area contributed by atoms with Crippen molar-refractivity contribution in [1.29, 1.82) is 0 Å². The van der Waals surface area contributed by atoms with Crippen molar-refractivity contribution in [2.45, 2.75) is 18.4 Å². The van der Waals surface area contributed by atoms with E-state index >= 15 is 0 Å². The molecule has 0 bridgehead atoms. The molecule has 0 spiro atoms. The number of esters is 1. The first kappa shape index (κ1) is 24.0. The van der Waals surface area contributed by atoms with Crippen molar-refractivity contribution < 1.29 is 22.3 Å². The fourth-order valence-electron chi connectivity index (χ4n) is 3.54. The lowest BCUT2D eigenvalue weighted by Crippen LogP contribution is -2.25. The number of halogens is 1. The van der Waals surface area contributed by atoms with Crippen LogP contribution in [0.25, 0.3) is 22.3 Å². The average molecular weight is 493 g/mol. The van der Waals surface area contributed by atoms with Gasteiger partial charge in [-0.1, -0.05) is 54.6 Å². The summed E-state index contributed by atoms with van der Waals surface area (Å²) < 4.78 is 44.3. The van der Waals surface area contributed by atoms with Crippen molar-refractivity contribution >= 4 is 15.8 Å². The van der Waals surface area contributed by atoms with Gasteiger partial charge >= 0.3 is 5.97 Å². The van der Waals surface area contributed by atoms with Gasteiger partial charge in [0, 0.05) is 12.5 Å². The van der Waals surface area contributed by atoms with Gasteiger partial charge in [0.25, 0.3) is 5.56 Å². The maximum Gasteiger partial charge on any atom is 0.303 e. The van der Waals surface area contributed by atoms with Crippen LogP contribution < -0.4 is 5.56 Å². The van der Waals surface area contributed by atoms with Crippen LogP contribution in [-0.2, 0) is 25.9 Å². The van der Waals surface area contributed by atoms with Crippen LogP contribution in [0.5, 0.6) is 0 Å². The number of carbonyl (C=O) groups is 1. The van der Waals surface area contributed by atoms with Crippen molar-refractivity contribution in [3.8, 4) is 22.3 Å². The standard InChI is InChI=1S/C26H21FN2O5S/c1-18(30)34-17-35(32,33)23-13-9-20(10-14-23)24-15-28-29(16-19-5-3-2-4-6-19)26(31)25(24)21-7-11-22(27)12-8-21/h2-15H,16-17H2,1H3. The molecule has 0 aliphatic rings. The van der Waals surface area contributed by atoms with Crippen LogP contribution in [0.2, 0.25) is 0 Å². The molecule has 4 aromatic rings. The molecule has 1 aromatic heterocycles. The van der Waals surface area contributed by atoms with Crippen molar-refractivity contribution in [1.82, 2.24) is 9.78 Å². The maximum absolute atomic E-state index is 13.6. The zero-order valence-corrected chi connectivity index (χ0v) is 19.5. The molecule has 0 atom stereocenters. The Morgan fingerprint density at radius 1 is 0.943 bits per heavy atom. The van der Waals surface area contributed by atoms with E-state index in [1.54, 1.807) is 12.1 Å². The van der Waals surface area contributed by atoms with Crippen LogP contribution in [0.15, 0.2) is 94.7 Å². The summed E-state index contributed by atoms with van der Waals surface area (Å²) in [6.45, 7) is 1.38. The second-order valence-corrected chi connectivity index (χ2v) is 9.72. The molecule has 35 heavy (non-hydrogen) atoms. The molecule has 0 aliphatic heterocycles. The Morgan fingerprint density at radius 3 is 2.20 bits per heavy atom. The van der Waals surface area contributed by atoms with E-state index in [1.807, 2.05) is 30.3 Å².